The van der Waals surface area contributed by atoms with Gasteiger partial charge in [0, 0.05) is 0 Å². The number of hydrogen-bond donors (Lipinski definition) is 0. The third-order valence-corrected chi connectivity index (χ3v) is 3.19. The van der Waals surface area contributed by atoms with Crippen LogP contribution in [0.1, 0.15) is 47.0 Å². The average molecular weight is 174 g/mol. The van der Waals surface area contributed by atoms with Gasteiger partial charge in [-0.25, -0.2) is 0 Å². The fourth-order valence-corrected chi connectivity index (χ4v) is 1.53. The van der Waals surface area contributed by atoms with E-state index >= 15 is 0 Å². The van der Waals surface area contributed by atoms with Gasteiger partial charge in [0.1, 0.15) is 7.85 Å². The monoisotopic (exact) mass is 174 g/mol. The molecule has 13 heavy (non-hydrogen) atoms. The molecule has 0 N–H and O–H groups in total. The van der Waals surface area contributed by atoms with Crippen molar-refractivity contribution in [3.05, 3.63) is 22.2 Å². The van der Waals surface area contributed by atoms with Crippen molar-refractivity contribution in [2.75, 3.05) is 0 Å². The normalized spacial score (nSPS) is 20.9. The largest absolute Gasteiger partial charge is 0.114 e. The lowest BCUT2D eigenvalue weighted by Crippen LogP contribution is -1.95. The van der Waals surface area contributed by atoms with Crippen molar-refractivity contribution in [1.82, 2.24) is 0 Å². The van der Waals surface area contributed by atoms with E-state index in [9.17, 15) is 0 Å². The SMILES string of the molecule is [B]C(=C(\C)C1CC1)/C(C)=C(\C)CC. The van der Waals surface area contributed by atoms with Gasteiger partial charge in [0.25, 0.3) is 0 Å². The van der Waals surface area contributed by atoms with Gasteiger partial charge < -0.3 is 0 Å². The zero-order valence-corrected chi connectivity index (χ0v) is 9.28. The van der Waals surface area contributed by atoms with Gasteiger partial charge in [-0.05, 0) is 46.0 Å². The highest BCUT2D eigenvalue weighted by molar-refractivity contribution is 6.24. The molecular formula is C12H19B. The van der Waals surface area contributed by atoms with E-state index in [0.717, 1.165) is 17.8 Å². The van der Waals surface area contributed by atoms with E-state index < -0.39 is 0 Å². The van der Waals surface area contributed by atoms with Crippen LogP contribution in [0.15, 0.2) is 22.2 Å². The number of allylic oxidation sites excluding steroid dienone is 4. The van der Waals surface area contributed by atoms with Gasteiger partial charge in [0.2, 0.25) is 0 Å². The zero-order valence-electron chi connectivity index (χ0n) is 9.28. The van der Waals surface area contributed by atoms with Crippen molar-refractivity contribution in [2.24, 2.45) is 5.92 Å². The predicted octanol–water partition coefficient (Wildman–Crippen LogP) is 3.59. The second-order valence-electron chi connectivity index (χ2n) is 4.13. The molecule has 2 radical (unpaired) electrons. The van der Waals surface area contributed by atoms with Crippen LogP contribution in [0.2, 0.25) is 0 Å². The summed E-state index contributed by atoms with van der Waals surface area (Å²) in [5.74, 6) is 0.791. The van der Waals surface area contributed by atoms with E-state index in [1.54, 1.807) is 0 Å². The summed E-state index contributed by atoms with van der Waals surface area (Å²) in [5.41, 5.74) is 5.16. The first-order valence-corrected chi connectivity index (χ1v) is 5.20. The second kappa shape index (κ2) is 4.17. The molecule has 0 unspecified atom stereocenters. The van der Waals surface area contributed by atoms with Crippen molar-refractivity contribution in [3.8, 4) is 0 Å². The van der Waals surface area contributed by atoms with Gasteiger partial charge in [0.05, 0.1) is 0 Å². The van der Waals surface area contributed by atoms with Crippen LogP contribution in [0, 0.1) is 5.92 Å². The summed E-state index contributed by atoms with van der Waals surface area (Å²) < 4.78 is 0. The molecule has 0 aromatic carbocycles. The molecule has 1 fully saturated rings. The first-order chi connectivity index (χ1) is 6.07. The quantitative estimate of drug-likeness (QED) is 0.453. The third-order valence-electron chi connectivity index (χ3n) is 3.19. The molecule has 0 saturated heterocycles. The molecule has 0 bridgehead atoms. The lowest BCUT2D eigenvalue weighted by molar-refractivity contribution is 0.985. The Balaban J connectivity index is 2.86. The van der Waals surface area contributed by atoms with E-state index in [0.29, 0.717) is 0 Å². The molecule has 1 rings (SSSR count). The average Bonchev–Trinajstić information content (AvgIpc) is 2.96. The Kier molecular flexibility index (Phi) is 3.41. The lowest BCUT2D eigenvalue weighted by atomic mass is 9.81. The predicted molar refractivity (Wildman–Crippen MR) is 59.8 cm³/mol. The minimum Gasteiger partial charge on any atom is -0.0946 e. The Morgan fingerprint density at radius 2 is 1.77 bits per heavy atom. The van der Waals surface area contributed by atoms with Gasteiger partial charge >= 0.3 is 0 Å². The standard InChI is InChI=1S/C12H19B/c1-5-8(2)9(3)12(13)10(4)11-6-7-11/h11H,5-7H2,1-4H3/b9-8+,12-10+. The maximum absolute atomic E-state index is 6.10. The van der Waals surface area contributed by atoms with E-state index in [2.05, 4.69) is 27.7 Å². The molecule has 1 heteroatoms. The van der Waals surface area contributed by atoms with Crippen LogP contribution in [-0.2, 0) is 0 Å². The van der Waals surface area contributed by atoms with Crippen LogP contribution in [0.5, 0.6) is 0 Å². The van der Waals surface area contributed by atoms with Crippen molar-refractivity contribution in [3.63, 3.8) is 0 Å². The van der Waals surface area contributed by atoms with Crippen LogP contribution in [-0.4, -0.2) is 7.85 Å². The number of hydrogen-bond acceptors (Lipinski definition) is 0. The third kappa shape index (κ3) is 2.49. The second-order valence-corrected chi connectivity index (χ2v) is 4.13. The van der Waals surface area contributed by atoms with Gasteiger partial charge in [-0.15, -0.1) is 0 Å². The molecule has 0 atom stereocenters. The minimum atomic E-state index is 0.791. The summed E-state index contributed by atoms with van der Waals surface area (Å²) >= 11 is 0. The Bertz CT molecular complexity index is 254. The molecule has 0 spiro atoms. The first kappa shape index (κ1) is 10.6. The maximum Gasteiger partial charge on any atom is 0.114 e. The van der Waals surface area contributed by atoms with E-state index in [1.165, 1.54) is 29.6 Å². The highest BCUT2D eigenvalue weighted by atomic mass is 14.3. The summed E-state index contributed by atoms with van der Waals surface area (Å²) in [4.78, 5) is 0. The molecule has 1 aliphatic carbocycles. The fraction of sp³-hybridized carbons (Fsp3) is 0.667. The van der Waals surface area contributed by atoms with Crippen molar-refractivity contribution >= 4 is 7.85 Å². The van der Waals surface area contributed by atoms with Crippen molar-refractivity contribution in [1.29, 1.82) is 0 Å². The summed E-state index contributed by atoms with van der Waals surface area (Å²) in [5, 5.41) is 0. The minimum absolute atomic E-state index is 0.791. The fourth-order valence-electron chi connectivity index (χ4n) is 1.53. The van der Waals surface area contributed by atoms with Crippen molar-refractivity contribution in [2.45, 2.75) is 47.0 Å². The van der Waals surface area contributed by atoms with Crippen LogP contribution >= 0.6 is 0 Å². The first-order valence-electron chi connectivity index (χ1n) is 5.20. The molecule has 0 aliphatic heterocycles. The molecule has 0 heterocycles. The highest BCUT2D eigenvalue weighted by Crippen LogP contribution is 2.38. The molecule has 70 valence electrons. The summed E-state index contributed by atoms with van der Waals surface area (Å²) in [6.45, 7) is 8.67. The Labute approximate surface area is 83.5 Å². The van der Waals surface area contributed by atoms with Gasteiger partial charge in [-0.2, -0.15) is 0 Å². The molecule has 1 aliphatic rings. The topological polar surface area (TPSA) is 0 Å². The van der Waals surface area contributed by atoms with E-state index in [1.807, 2.05) is 0 Å². The number of rotatable bonds is 3. The summed E-state index contributed by atoms with van der Waals surface area (Å²) in [7, 11) is 6.10. The smallest absolute Gasteiger partial charge is 0.0946 e. The molecule has 1 saturated carbocycles. The Morgan fingerprint density at radius 3 is 2.15 bits per heavy atom. The van der Waals surface area contributed by atoms with Crippen LogP contribution in [0.3, 0.4) is 0 Å². The molecule has 0 amide bonds. The van der Waals surface area contributed by atoms with Gasteiger partial charge in [-0.3, -0.25) is 0 Å². The van der Waals surface area contributed by atoms with E-state index in [-0.39, 0.29) is 0 Å². The summed E-state index contributed by atoms with van der Waals surface area (Å²) in [6.07, 6.45) is 3.78. The van der Waals surface area contributed by atoms with Gasteiger partial charge in [0.15, 0.2) is 0 Å². The molecule has 0 nitrogen and oxygen atoms in total. The summed E-state index contributed by atoms with van der Waals surface area (Å²) in [6, 6.07) is 0. The molecule has 0 aromatic heterocycles. The highest BCUT2D eigenvalue weighted by Gasteiger charge is 2.24. The zero-order chi connectivity index (χ0) is 10.0. The Hall–Kier alpha value is -0.455. The molecule has 0 aromatic rings. The van der Waals surface area contributed by atoms with Gasteiger partial charge in [-0.1, -0.05) is 29.1 Å². The van der Waals surface area contributed by atoms with E-state index in [4.69, 9.17) is 7.85 Å². The van der Waals surface area contributed by atoms with Crippen LogP contribution in [0.25, 0.3) is 0 Å². The lowest BCUT2D eigenvalue weighted by Gasteiger charge is -2.11. The maximum atomic E-state index is 6.10. The van der Waals surface area contributed by atoms with Crippen molar-refractivity contribution < 1.29 is 0 Å². The van der Waals surface area contributed by atoms with Crippen LogP contribution < -0.4 is 0 Å². The Morgan fingerprint density at radius 1 is 1.23 bits per heavy atom. The molecular weight excluding hydrogens is 155 g/mol. The van der Waals surface area contributed by atoms with Crippen LogP contribution in [0.4, 0.5) is 0 Å².